The third-order valence-electron chi connectivity index (χ3n) is 5.62. The average molecular weight is 570 g/mol. The normalized spacial score (nSPS) is 10.8. The molecule has 5 N–H and O–H groups in total. The first-order valence-corrected chi connectivity index (χ1v) is 12.7. The second-order valence-corrected chi connectivity index (χ2v) is 8.68. The van der Waals surface area contributed by atoms with Crippen molar-refractivity contribution in [1.82, 2.24) is 10.6 Å². The van der Waals surface area contributed by atoms with E-state index in [4.69, 9.17) is 19.6 Å². The Balaban J connectivity index is 1.26. The van der Waals surface area contributed by atoms with Crippen LogP contribution in [0, 0.1) is 0 Å². The van der Waals surface area contributed by atoms with Crippen LogP contribution in [0.2, 0.25) is 0 Å². The molecule has 0 spiro atoms. The van der Waals surface area contributed by atoms with Crippen LogP contribution < -0.4 is 21.7 Å². The van der Waals surface area contributed by atoms with Crippen LogP contribution in [-0.4, -0.2) is 30.0 Å². The van der Waals surface area contributed by atoms with Gasteiger partial charge in [-0.25, -0.2) is 9.59 Å². The van der Waals surface area contributed by atoms with Crippen molar-refractivity contribution < 1.29 is 33.1 Å². The lowest BCUT2D eigenvalue weighted by molar-refractivity contribution is 0.0908. The van der Waals surface area contributed by atoms with Gasteiger partial charge >= 0.3 is 12.2 Å². The molecule has 12 nitrogen and oxygen atoms in total. The fourth-order valence-corrected chi connectivity index (χ4v) is 3.57. The van der Waals surface area contributed by atoms with Gasteiger partial charge in [0.15, 0.2) is 11.5 Å². The number of para-hydroxylation sites is 1. The van der Waals surface area contributed by atoms with Crippen molar-refractivity contribution in [2.45, 2.75) is 19.8 Å². The van der Waals surface area contributed by atoms with Crippen LogP contribution in [0.3, 0.4) is 0 Å². The van der Waals surface area contributed by atoms with Gasteiger partial charge in [0.25, 0.3) is 11.8 Å². The Morgan fingerprint density at radius 3 is 1.95 bits per heavy atom. The lowest BCUT2D eigenvalue weighted by atomic mass is 10.1. The van der Waals surface area contributed by atoms with E-state index >= 15 is 0 Å². The minimum Gasteiger partial charge on any atom is -0.446 e. The highest BCUT2D eigenvalue weighted by Crippen LogP contribution is 2.16. The van der Waals surface area contributed by atoms with Gasteiger partial charge in [-0.05, 0) is 34.9 Å². The molecule has 1 heterocycles. The number of carbonyl (C=O) groups is 4. The Labute approximate surface area is 240 Å². The van der Waals surface area contributed by atoms with Crippen molar-refractivity contribution in [3.05, 3.63) is 125 Å². The number of ether oxygens (including phenoxy) is 2. The Morgan fingerprint density at radius 2 is 1.29 bits per heavy atom. The van der Waals surface area contributed by atoms with Crippen LogP contribution in [0.1, 0.15) is 37.8 Å². The summed E-state index contributed by atoms with van der Waals surface area (Å²) in [5.74, 6) is -2.33. The number of guanidine groups is 1. The Morgan fingerprint density at radius 1 is 0.714 bits per heavy atom. The highest BCUT2D eigenvalue weighted by atomic mass is 16.6. The first-order chi connectivity index (χ1) is 20.4. The van der Waals surface area contributed by atoms with Gasteiger partial charge in [0, 0.05) is 12.2 Å². The second-order valence-electron chi connectivity index (χ2n) is 8.68. The van der Waals surface area contributed by atoms with Crippen molar-refractivity contribution in [2.24, 2.45) is 10.7 Å². The molecule has 12 heteroatoms. The van der Waals surface area contributed by atoms with E-state index < -0.39 is 30.0 Å². The van der Waals surface area contributed by atoms with E-state index in [0.717, 1.165) is 11.1 Å². The van der Waals surface area contributed by atoms with E-state index in [1.165, 1.54) is 12.1 Å². The lowest BCUT2D eigenvalue weighted by Crippen LogP contribution is -2.37. The SMILES string of the molecule is NC(=NC(=O)OCc1ccccc1)NC(=O)c1ccc(C(=O)NCc2ccccc2NC(=O)OCc2ccccc2)o1. The fourth-order valence-electron chi connectivity index (χ4n) is 3.57. The number of aliphatic imine (C=N–C) groups is 1. The quantitative estimate of drug-likeness (QED) is 0.170. The highest BCUT2D eigenvalue weighted by Gasteiger charge is 2.17. The molecular formula is C30H27N5O7. The number of hydrogen-bond acceptors (Lipinski definition) is 7. The summed E-state index contributed by atoms with van der Waals surface area (Å²) in [7, 11) is 0. The Hall–Kier alpha value is -5.91. The van der Waals surface area contributed by atoms with Crippen LogP contribution >= 0.6 is 0 Å². The molecule has 1 aromatic heterocycles. The fraction of sp³-hybridized carbons (Fsp3) is 0.100. The van der Waals surface area contributed by atoms with Gasteiger partial charge in [0.2, 0.25) is 5.96 Å². The number of nitrogens with zero attached hydrogens (tertiary/aromatic N) is 1. The van der Waals surface area contributed by atoms with Gasteiger partial charge in [-0.15, -0.1) is 4.99 Å². The number of rotatable bonds is 9. The van der Waals surface area contributed by atoms with Gasteiger partial charge in [0.1, 0.15) is 13.2 Å². The van der Waals surface area contributed by atoms with Crippen molar-refractivity contribution in [3.8, 4) is 0 Å². The maximum Gasteiger partial charge on any atom is 0.437 e. The third-order valence-corrected chi connectivity index (χ3v) is 5.62. The number of furan rings is 1. The predicted molar refractivity (Wildman–Crippen MR) is 152 cm³/mol. The van der Waals surface area contributed by atoms with E-state index in [0.29, 0.717) is 11.3 Å². The smallest absolute Gasteiger partial charge is 0.437 e. The van der Waals surface area contributed by atoms with Crippen LogP contribution in [0.5, 0.6) is 0 Å². The summed E-state index contributed by atoms with van der Waals surface area (Å²) in [5.41, 5.74) is 8.27. The molecule has 3 aromatic carbocycles. The number of nitrogens with two attached hydrogens (primary N) is 1. The van der Waals surface area contributed by atoms with E-state index in [9.17, 15) is 19.2 Å². The monoisotopic (exact) mass is 569 g/mol. The molecular weight excluding hydrogens is 542 g/mol. The molecule has 0 aliphatic carbocycles. The molecule has 0 atom stereocenters. The molecule has 214 valence electrons. The number of nitrogens with one attached hydrogen (secondary N) is 3. The van der Waals surface area contributed by atoms with Crippen molar-refractivity contribution in [2.75, 3.05) is 5.32 Å². The van der Waals surface area contributed by atoms with E-state index in [1.54, 1.807) is 48.5 Å². The highest BCUT2D eigenvalue weighted by molar-refractivity contribution is 6.06. The maximum atomic E-state index is 12.6. The van der Waals surface area contributed by atoms with Crippen LogP contribution in [0.4, 0.5) is 15.3 Å². The van der Waals surface area contributed by atoms with Crippen LogP contribution in [0.25, 0.3) is 0 Å². The number of amides is 4. The zero-order chi connectivity index (χ0) is 29.7. The lowest BCUT2D eigenvalue weighted by Gasteiger charge is -2.12. The van der Waals surface area contributed by atoms with E-state index in [2.05, 4.69) is 20.9 Å². The molecule has 0 saturated carbocycles. The second kappa shape index (κ2) is 14.5. The maximum absolute atomic E-state index is 12.6. The van der Waals surface area contributed by atoms with E-state index in [-0.39, 0.29) is 31.3 Å². The predicted octanol–water partition coefficient (Wildman–Crippen LogP) is 4.34. The minimum atomic E-state index is -0.990. The average Bonchev–Trinajstić information content (AvgIpc) is 3.50. The number of benzene rings is 3. The van der Waals surface area contributed by atoms with Gasteiger partial charge in [-0.3, -0.25) is 20.2 Å². The summed E-state index contributed by atoms with van der Waals surface area (Å²) >= 11 is 0. The number of carbonyl (C=O) groups excluding carboxylic acids is 4. The first kappa shape index (κ1) is 29.1. The summed E-state index contributed by atoms with van der Waals surface area (Å²) in [4.78, 5) is 52.7. The molecule has 0 unspecified atom stereocenters. The largest absolute Gasteiger partial charge is 0.446 e. The minimum absolute atomic E-state index is 0.0140. The molecule has 0 bridgehead atoms. The van der Waals surface area contributed by atoms with Gasteiger partial charge < -0.3 is 24.9 Å². The summed E-state index contributed by atoms with van der Waals surface area (Å²) in [6, 6.07) is 27.6. The third kappa shape index (κ3) is 8.81. The number of hydrogen-bond donors (Lipinski definition) is 4. The zero-order valence-corrected chi connectivity index (χ0v) is 22.2. The molecule has 0 fully saturated rings. The molecule has 0 aliphatic heterocycles. The molecule has 0 saturated heterocycles. The number of anilines is 1. The molecule has 0 radical (unpaired) electrons. The molecule has 42 heavy (non-hydrogen) atoms. The van der Waals surface area contributed by atoms with Crippen molar-refractivity contribution in [3.63, 3.8) is 0 Å². The molecule has 4 amide bonds. The van der Waals surface area contributed by atoms with Crippen molar-refractivity contribution >= 4 is 35.6 Å². The van der Waals surface area contributed by atoms with Crippen LogP contribution in [0.15, 0.2) is 106 Å². The topological polar surface area (TPSA) is 174 Å². The van der Waals surface area contributed by atoms with Gasteiger partial charge in [-0.2, -0.15) is 0 Å². The van der Waals surface area contributed by atoms with Crippen LogP contribution in [-0.2, 0) is 29.2 Å². The van der Waals surface area contributed by atoms with Gasteiger partial charge in [-0.1, -0.05) is 78.9 Å². The molecule has 4 rings (SSSR count). The van der Waals surface area contributed by atoms with Crippen molar-refractivity contribution in [1.29, 1.82) is 0 Å². The summed E-state index contributed by atoms with van der Waals surface area (Å²) in [6.45, 7) is 0.136. The molecule has 0 aliphatic rings. The summed E-state index contributed by atoms with van der Waals surface area (Å²) in [6.07, 6.45) is -1.64. The van der Waals surface area contributed by atoms with E-state index in [1.807, 2.05) is 36.4 Å². The first-order valence-electron chi connectivity index (χ1n) is 12.7. The zero-order valence-electron chi connectivity index (χ0n) is 22.2. The Kier molecular flexibility index (Phi) is 10.0. The summed E-state index contributed by atoms with van der Waals surface area (Å²) < 4.78 is 15.6. The Bertz CT molecular complexity index is 1570. The summed E-state index contributed by atoms with van der Waals surface area (Å²) in [5, 5.41) is 7.53. The standard InChI is InChI=1S/C30H27N5O7/c31-28(35-30(39)41-19-21-11-5-2-6-12-21)34-27(37)25-16-15-24(42-25)26(36)32-17-22-13-7-8-14-23(22)33-29(38)40-18-20-9-3-1-4-10-20/h1-16H,17-19H2,(H,32,36)(H,33,38)(H3,31,34,35,37,39). The molecule has 4 aromatic rings. The van der Waals surface area contributed by atoms with Gasteiger partial charge in [0.05, 0.1) is 0 Å².